The number of likely N-dealkylation sites (tertiary alicyclic amines) is 1. The smallest absolute Gasteiger partial charge is 0.122 e. The number of ether oxygens (including phenoxy) is 1. The molecule has 0 amide bonds. The van der Waals surface area contributed by atoms with Crippen LogP contribution in [0, 0.1) is 12.8 Å². The maximum atomic E-state index is 5.36. The van der Waals surface area contributed by atoms with Gasteiger partial charge in [-0.25, -0.2) is 0 Å². The second-order valence-corrected chi connectivity index (χ2v) is 4.93. The van der Waals surface area contributed by atoms with Gasteiger partial charge in [-0.1, -0.05) is 12.1 Å². The summed E-state index contributed by atoms with van der Waals surface area (Å²) in [5.41, 5.74) is 2.62. The molecule has 1 aromatic rings. The molecular formula is C14H21NO. The van der Waals surface area contributed by atoms with Gasteiger partial charge in [-0.15, -0.1) is 0 Å². The lowest BCUT2D eigenvalue weighted by Gasteiger charge is -2.12. The second kappa shape index (κ2) is 4.88. The number of benzene rings is 1. The Balaban J connectivity index is 2.04. The summed E-state index contributed by atoms with van der Waals surface area (Å²) in [6, 6.07) is 6.58. The normalized spacial score (nSPS) is 21.3. The van der Waals surface area contributed by atoms with Crippen molar-refractivity contribution in [2.45, 2.75) is 19.8 Å². The molecule has 0 bridgehead atoms. The first-order valence-electron chi connectivity index (χ1n) is 6.01. The van der Waals surface area contributed by atoms with Gasteiger partial charge in [0.15, 0.2) is 0 Å². The van der Waals surface area contributed by atoms with E-state index >= 15 is 0 Å². The third kappa shape index (κ3) is 2.56. The Labute approximate surface area is 98.2 Å². The highest BCUT2D eigenvalue weighted by Crippen LogP contribution is 2.24. The fourth-order valence-corrected chi connectivity index (χ4v) is 2.52. The molecule has 2 rings (SSSR count). The molecule has 1 fully saturated rings. The van der Waals surface area contributed by atoms with Crippen molar-refractivity contribution in [1.82, 2.24) is 4.90 Å². The van der Waals surface area contributed by atoms with Crippen molar-refractivity contribution in [2.24, 2.45) is 5.92 Å². The van der Waals surface area contributed by atoms with E-state index in [1.54, 1.807) is 7.11 Å². The molecule has 1 atom stereocenters. The molecule has 0 N–H and O–H groups in total. The minimum atomic E-state index is 0.817. The zero-order valence-corrected chi connectivity index (χ0v) is 10.5. The summed E-state index contributed by atoms with van der Waals surface area (Å²) in [5, 5.41) is 0. The molecule has 1 aromatic carbocycles. The molecule has 1 aliphatic heterocycles. The van der Waals surface area contributed by atoms with Crippen molar-refractivity contribution in [3.8, 4) is 5.75 Å². The van der Waals surface area contributed by atoms with Gasteiger partial charge in [-0.2, -0.15) is 0 Å². The molecule has 0 radical (unpaired) electrons. The average Bonchev–Trinajstić information content (AvgIpc) is 2.67. The molecular weight excluding hydrogens is 198 g/mol. The first kappa shape index (κ1) is 11.5. The highest BCUT2D eigenvalue weighted by Gasteiger charge is 2.19. The van der Waals surface area contributed by atoms with Gasteiger partial charge in [0.2, 0.25) is 0 Å². The van der Waals surface area contributed by atoms with Crippen LogP contribution in [0.2, 0.25) is 0 Å². The molecule has 0 spiro atoms. The number of nitrogens with zero attached hydrogens (tertiary/aromatic N) is 1. The fraction of sp³-hybridized carbons (Fsp3) is 0.571. The summed E-state index contributed by atoms with van der Waals surface area (Å²) in [6.07, 6.45) is 2.51. The van der Waals surface area contributed by atoms with Crippen LogP contribution in [0.1, 0.15) is 17.5 Å². The third-order valence-corrected chi connectivity index (χ3v) is 3.49. The molecule has 1 aliphatic rings. The number of methoxy groups -OCH3 is 1. The molecule has 1 unspecified atom stereocenters. The number of hydrogen-bond donors (Lipinski definition) is 0. The average molecular weight is 219 g/mol. The first-order valence-corrected chi connectivity index (χ1v) is 6.01. The quantitative estimate of drug-likeness (QED) is 0.774. The predicted octanol–water partition coefficient (Wildman–Crippen LogP) is 2.50. The fourth-order valence-electron chi connectivity index (χ4n) is 2.52. The van der Waals surface area contributed by atoms with E-state index in [0.717, 1.165) is 11.7 Å². The van der Waals surface area contributed by atoms with Gasteiger partial charge in [0.1, 0.15) is 5.75 Å². The zero-order valence-electron chi connectivity index (χ0n) is 10.5. The zero-order chi connectivity index (χ0) is 11.5. The molecule has 0 aromatic heterocycles. The standard InChI is InChI=1S/C14H21NO/c1-11-4-5-12(9-14(11)16-3)8-13-6-7-15(2)10-13/h4-5,9,13H,6-8,10H2,1-3H3. The summed E-state index contributed by atoms with van der Waals surface area (Å²) in [5.74, 6) is 1.83. The van der Waals surface area contributed by atoms with E-state index in [9.17, 15) is 0 Å². The summed E-state index contributed by atoms with van der Waals surface area (Å²) < 4.78 is 5.36. The lowest BCUT2D eigenvalue weighted by atomic mass is 9.97. The van der Waals surface area contributed by atoms with Crippen LogP contribution in [0.25, 0.3) is 0 Å². The van der Waals surface area contributed by atoms with Gasteiger partial charge in [0, 0.05) is 6.54 Å². The van der Waals surface area contributed by atoms with Crippen molar-refractivity contribution < 1.29 is 4.74 Å². The van der Waals surface area contributed by atoms with Crippen LogP contribution in [0.4, 0.5) is 0 Å². The van der Waals surface area contributed by atoms with Crippen molar-refractivity contribution in [3.05, 3.63) is 29.3 Å². The Morgan fingerprint density at radius 3 is 2.88 bits per heavy atom. The van der Waals surface area contributed by atoms with Crippen molar-refractivity contribution in [1.29, 1.82) is 0 Å². The molecule has 0 aliphatic carbocycles. The minimum absolute atomic E-state index is 0.817. The molecule has 2 nitrogen and oxygen atoms in total. The van der Waals surface area contributed by atoms with E-state index in [1.165, 1.54) is 37.1 Å². The van der Waals surface area contributed by atoms with E-state index in [0.29, 0.717) is 0 Å². The summed E-state index contributed by atoms with van der Waals surface area (Å²) in [6.45, 7) is 4.57. The number of hydrogen-bond acceptors (Lipinski definition) is 2. The van der Waals surface area contributed by atoms with E-state index in [-0.39, 0.29) is 0 Å². The van der Waals surface area contributed by atoms with Crippen LogP contribution in [0.5, 0.6) is 5.75 Å². The molecule has 1 saturated heterocycles. The van der Waals surface area contributed by atoms with E-state index < -0.39 is 0 Å². The highest BCUT2D eigenvalue weighted by molar-refractivity contribution is 5.36. The molecule has 1 heterocycles. The molecule has 88 valence electrons. The van der Waals surface area contributed by atoms with Crippen LogP contribution in [-0.2, 0) is 6.42 Å². The maximum absolute atomic E-state index is 5.36. The van der Waals surface area contributed by atoms with E-state index in [4.69, 9.17) is 4.74 Å². The molecule has 16 heavy (non-hydrogen) atoms. The van der Waals surface area contributed by atoms with Gasteiger partial charge in [-0.3, -0.25) is 0 Å². The van der Waals surface area contributed by atoms with Crippen LogP contribution < -0.4 is 4.74 Å². The topological polar surface area (TPSA) is 12.5 Å². The Morgan fingerprint density at radius 1 is 1.44 bits per heavy atom. The predicted molar refractivity (Wildman–Crippen MR) is 67.0 cm³/mol. The van der Waals surface area contributed by atoms with Gasteiger partial charge in [0.05, 0.1) is 7.11 Å². The summed E-state index contributed by atoms with van der Waals surface area (Å²) in [4.78, 5) is 2.41. The third-order valence-electron chi connectivity index (χ3n) is 3.49. The Morgan fingerprint density at radius 2 is 2.25 bits per heavy atom. The molecule has 0 saturated carbocycles. The maximum Gasteiger partial charge on any atom is 0.122 e. The van der Waals surface area contributed by atoms with Gasteiger partial charge >= 0.3 is 0 Å². The SMILES string of the molecule is COc1cc(CC2CCN(C)C2)ccc1C. The van der Waals surface area contributed by atoms with Gasteiger partial charge < -0.3 is 9.64 Å². The Kier molecular flexibility index (Phi) is 3.49. The van der Waals surface area contributed by atoms with Crippen molar-refractivity contribution in [3.63, 3.8) is 0 Å². The van der Waals surface area contributed by atoms with Crippen LogP contribution >= 0.6 is 0 Å². The summed E-state index contributed by atoms with van der Waals surface area (Å²) >= 11 is 0. The van der Waals surface area contributed by atoms with E-state index in [2.05, 4.69) is 37.1 Å². The van der Waals surface area contributed by atoms with Crippen LogP contribution in [0.15, 0.2) is 18.2 Å². The Hall–Kier alpha value is -1.02. The lowest BCUT2D eigenvalue weighted by Crippen LogP contribution is -2.15. The first-order chi connectivity index (χ1) is 7.69. The second-order valence-electron chi connectivity index (χ2n) is 4.93. The van der Waals surface area contributed by atoms with Gasteiger partial charge in [0.25, 0.3) is 0 Å². The minimum Gasteiger partial charge on any atom is -0.496 e. The highest BCUT2D eigenvalue weighted by atomic mass is 16.5. The number of aryl methyl sites for hydroxylation is 1. The summed E-state index contributed by atoms with van der Waals surface area (Å²) in [7, 11) is 3.95. The largest absolute Gasteiger partial charge is 0.496 e. The molecule has 2 heteroatoms. The Bertz CT molecular complexity index is 362. The van der Waals surface area contributed by atoms with Crippen LogP contribution in [0.3, 0.4) is 0 Å². The van der Waals surface area contributed by atoms with Crippen LogP contribution in [-0.4, -0.2) is 32.1 Å². The van der Waals surface area contributed by atoms with Gasteiger partial charge in [-0.05, 0) is 56.5 Å². The monoisotopic (exact) mass is 219 g/mol. The van der Waals surface area contributed by atoms with Crippen molar-refractivity contribution in [2.75, 3.05) is 27.2 Å². The lowest BCUT2D eigenvalue weighted by molar-refractivity contribution is 0.393. The number of rotatable bonds is 3. The van der Waals surface area contributed by atoms with Crippen molar-refractivity contribution >= 4 is 0 Å². The van der Waals surface area contributed by atoms with E-state index in [1.807, 2.05) is 0 Å².